The van der Waals surface area contributed by atoms with Gasteiger partial charge in [0.1, 0.15) is 18.2 Å². The molecule has 0 spiro atoms. The van der Waals surface area contributed by atoms with E-state index in [1.165, 1.54) is 24.4 Å². The number of rotatable bonds is 3. The molecule has 7 nitrogen and oxygen atoms in total. The molecule has 0 fully saturated rings. The van der Waals surface area contributed by atoms with Crippen molar-refractivity contribution in [3.8, 4) is 0 Å². The van der Waals surface area contributed by atoms with Crippen LogP contribution in [0.25, 0.3) is 11.2 Å². The minimum absolute atomic E-state index is 0.133. The highest BCUT2D eigenvalue weighted by atomic mass is 35.5. The minimum atomic E-state index is -0.622. The quantitative estimate of drug-likeness (QED) is 0.334. The van der Waals surface area contributed by atoms with Crippen molar-refractivity contribution >= 4 is 34.3 Å². The number of pyridine rings is 1. The van der Waals surface area contributed by atoms with Gasteiger partial charge in [0.05, 0.1) is 16.2 Å². The van der Waals surface area contributed by atoms with Crippen LogP contribution in [0.4, 0.5) is 10.1 Å². The summed E-state index contributed by atoms with van der Waals surface area (Å²) in [6.45, 7) is -0.306. The van der Waals surface area contributed by atoms with Gasteiger partial charge in [-0.25, -0.2) is 19.4 Å². The lowest BCUT2D eigenvalue weighted by molar-refractivity contribution is 0.273. The number of hydroxylamine groups is 1. The minimum Gasteiger partial charge on any atom is -0.388 e. The van der Waals surface area contributed by atoms with Crippen LogP contribution in [-0.4, -0.2) is 31.1 Å². The van der Waals surface area contributed by atoms with Gasteiger partial charge >= 0.3 is 0 Å². The number of aromatic nitrogens is 3. The second-order valence-corrected chi connectivity index (χ2v) is 5.06. The molecule has 118 valence electrons. The van der Waals surface area contributed by atoms with E-state index in [9.17, 15) is 9.60 Å². The van der Waals surface area contributed by atoms with Crippen molar-refractivity contribution in [3.63, 3.8) is 0 Å². The third kappa shape index (κ3) is 2.74. The lowest BCUT2D eigenvalue weighted by Crippen LogP contribution is -2.27. The second-order valence-electron chi connectivity index (χ2n) is 4.66. The Kier molecular flexibility index (Phi) is 3.95. The van der Waals surface area contributed by atoms with Crippen molar-refractivity contribution in [2.75, 3.05) is 5.06 Å². The Balaban J connectivity index is 2.02. The molecule has 0 radical (unpaired) electrons. The highest BCUT2D eigenvalue weighted by Gasteiger charge is 2.18. The first-order valence-electron chi connectivity index (χ1n) is 6.48. The van der Waals surface area contributed by atoms with Crippen LogP contribution in [0, 0.1) is 11.2 Å². The molecule has 0 saturated heterocycles. The summed E-state index contributed by atoms with van der Waals surface area (Å²) in [6.07, 6.45) is 1.43. The molecule has 2 heterocycles. The van der Waals surface area contributed by atoms with Crippen molar-refractivity contribution in [1.29, 1.82) is 5.41 Å². The summed E-state index contributed by atoms with van der Waals surface area (Å²) in [6, 6.07) is 5.10. The summed E-state index contributed by atoms with van der Waals surface area (Å²) >= 11 is 5.69. The summed E-state index contributed by atoms with van der Waals surface area (Å²) in [5.41, 5.74) is 1.15. The molecule has 2 aromatic heterocycles. The fourth-order valence-electron chi connectivity index (χ4n) is 2.09. The average molecular weight is 336 g/mol. The Morgan fingerprint density at radius 1 is 1.39 bits per heavy atom. The molecule has 0 unspecified atom stereocenters. The summed E-state index contributed by atoms with van der Waals surface area (Å²) in [4.78, 5) is 10.9. The first kappa shape index (κ1) is 15.3. The number of aliphatic hydroxyl groups excluding tert-OH is 1. The fourth-order valence-corrected chi connectivity index (χ4v) is 2.27. The number of aliphatic hydroxyl groups is 1. The van der Waals surface area contributed by atoms with Crippen LogP contribution < -0.4 is 5.06 Å². The SMILES string of the molecule is N=C(c1ccnc2nc(CO)[nH]c12)N(O)c1ccc(F)c(Cl)c1. The molecule has 0 amide bonds. The molecule has 0 saturated carbocycles. The monoisotopic (exact) mass is 335 g/mol. The van der Waals surface area contributed by atoms with Crippen LogP contribution in [-0.2, 0) is 6.61 Å². The van der Waals surface area contributed by atoms with Gasteiger partial charge in [-0.2, -0.15) is 0 Å². The topological polar surface area (TPSA) is 109 Å². The molecule has 0 aliphatic heterocycles. The van der Waals surface area contributed by atoms with E-state index in [4.69, 9.17) is 22.1 Å². The molecule has 0 aliphatic rings. The van der Waals surface area contributed by atoms with Crippen LogP contribution in [0.2, 0.25) is 5.02 Å². The number of nitrogens with zero attached hydrogens (tertiary/aromatic N) is 3. The summed E-state index contributed by atoms with van der Waals surface area (Å²) in [7, 11) is 0. The maximum Gasteiger partial charge on any atom is 0.178 e. The van der Waals surface area contributed by atoms with Crippen LogP contribution in [0.5, 0.6) is 0 Å². The van der Waals surface area contributed by atoms with Gasteiger partial charge in [0.15, 0.2) is 11.5 Å². The predicted molar refractivity (Wildman–Crippen MR) is 82.3 cm³/mol. The van der Waals surface area contributed by atoms with Crippen LogP contribution >= 0.6 is 11.6 Å². The molecule has 4 N–H and O–H groups in total. The average Bonchev–Trinajstić information content (AvgIpc) is 2.99. The summed E-state index contributed by atoms with van der Waals surface area (Å²) in [5, 5.41) is 27.9. The molecular weight excluding hydrogens is 325 g/mol. The molecule has 23 heavy (non-hydrogen) atoms. The molecular formula is C14H11ClFN5O2. The van der Waals surface area contributed by atoms with Gasteiger partial charge in [-0.3, -0.25) is 10.6 Å². The van der Waals surface area contributed by atoms with Crippen molar-refractivity contribution in [2.24, 2.45) is 0 Å². The number of hydrogen-bond acceptors (Lipinski definition) is 5. The Hall–Kier alpha value is -2.55. The number of aromatic amines is 1. The van der Waals surface area contributed by atoms with Gasteiger partial charge in [0.25, 0.3) is 0 Å². The second kappa shape index (κ2) is 5.92. The van der Waals surface area contributed by atoms with E-state index < -0.39 is 5.82 Å². The zero-order valence-electron chi connectivity index (χ0n) is 11.6. The van der Waals surface area contributed by atoms with E-state index >= 15 is 0 Å². The van der Waals surface area contributed by atoms with E-state index in [2.05, 4.69) is 15.0 Å². The van der Waals surface area contributed by atoms with Gasteiger partial charge in [0.2, 0.25) is 0 Å². The van der Waals surface area contributed by atoms with Crippen molar-refractivity contribution in [3.05, 3.63) is 52.7 Å². The maximum atomic E-state index is 13.2. The van der Waals surface area contributed by atoms with E-state index in [-0.39, 0.29) is 23.2 Å². The van der Waals surface area contributed by atoms with E-state index in [1.54, 1.807) is 0 Å². The van der Waals surface area contributed by atoms with Gasteiger partial charge < -0.3 is 10.1 Å². The Bertz CT molecular complexity index is 898. The van der Waals surface area contributed by atoms with E-state index in [0.717, 1.165) is 6.07 Å². The first-order chi connectivity index (χ1) is 11.0. The van der Waals surface area contributed by atoms with E-state index in [0.29, 0.717) is 27.6 Å². The number of fused-ring (bicyclic) bond motifs is 1. The number of amidine groups is 1. The lowest BCUT2D eigenvalue weighted by Gasteiger charge is -2.18. The third-order valence-corrected chi connectivity index (χ3v) is 3.50. The third-order valence-electron chi connectivity index (χ3n) is 3.21. The number of nitrogens with one attached hydrogen (secondary N) is 2. The van der Waals surface area contributed by atoms with Crippen LogP contribution in [0.3, 0.4) is 0 Å². The predicted octanol–water partition coefficient (Wildman–Crippen LogP) is 2.46. The number of H-pyrrole nitrogens is 1. The van der Waals surface area contributed by atoms with Crippen molar-refractivity contribution in [2.45, 2.75) is 6.61 Å². The Labute approximate surface area is 134 Å². The van der Waals surface area contributed by atoms with Crippen molar-refractivity contribution in [1.82, 2.24) is 15.0 Å². The first-order valence-corrected chi connectivity index (χ1v) is 6.86. The van der Waals surface area contributed by atoms with Gasteiger partial charge in [0, 0.05) is 11.8 Å². The highest BCUT2D eigenvalue weighted by molar-refractivity contribution is 6.31. The molecule has 0 atom stereocenters. The normalized spacial score (nSPS) is 11.0. The number of halogens is 2. The zero-order valence-corrected chi connectivity index (χ0v) is 12.3. The number of imidazole rings is 1. The van der Waals surface area contributed by atoms with Gasteiger partial charge in [-0.1, -0.05) is 11.6 Å². The van der Waals surface area contributed by atoms with Crippen LogP contribution in [0.1, 0.15) is 11.4 Å². The highest BCUT2D eigenvalue weighted by Crippen LogP contribution is 2.24. The molecule has 9 heteroatoms. The summed E-state index contributed by atoms with van der Waals surface area (Å²) < 4.78 is 13.2. The molecule has 1 aromatic carbocycles. The molecule has 3 rings (SSSR count). The van der Waals surface area contributed by atoms with Crippen LogP contribution in [0.15, 0.2) is 30.5 Å². The standard InChI is InChI=1S/C14H11ClFN5O2/c15-9-5-7(1-2-10(9)16)21(23)13(17)8-3-4-18-14-12(8)19-11(6-22)20-14/h1-5,17,22-23H,6H2,(H,18,19,20). The Morgan fingerprint density at radius 2 is 2.17 bits per heavy atom. The largest absolute Gasteiger partial charge is 0.388 e. The fraction of sp³-hybridized carbons (Fsp3) is 0.0714. The number of hydrogen-bond donors (Lipinski definition) is 4. The smallest absolute Gasteiger partial charge is 0.178 e. The molecule has 0 bridgehead atoms. The van der Waals surface area contributed by atoms with Gasteiger partial charge in [-0.05, 0) is 24.3 Å². The molecule has 3 aromatic rings. The summed E-state index contributed by atoms with van der Waals surface area (Å²) in [5.74, 6) is -0.613. The number of benzene rings is 1. The molecule has 0 aliphatic carbocycles. The van der Waals surface area contributed by atoms with Crippen molar-refractivity contribution < 1.29 is 14.7 Å². The zero-order chi connectivity index (χ0) is 16.6. The maximum absolute atomic E-state index is 13.2. The Morgan fingerprint density at radius 3 is 2.87 bits per heavy atom. The van der Waals surface area contributed by atoms with E-state index in [1.807, 2.05) is 0 Å². The number of anilines is 1. The lowest BCUT2D eigenvalue weighted by atomic mass is 10.2. The van der Waals surface area contributed by atoms with Gasteiger partial charge in [-0.15, -0.1) is 0 Å².